The Labute approximate surface area is 47.1 Å². The number of aliphatic carboxylic acids is 1. The highest BCUT2D eigenvalue weighted by atomic mass is 35.5. The van der Waals surface area contributed by atoms with Crippen molar-refractivity contribution in [2.45, 2.75) is 12.8 Å². The number of halogens is 1. The van der Waals surface area contributed by atoms with Gasteiger partial charge in [0, 0.05) is 11.8 Å². The molecule has 0 bridgehead atoms. The van der Waals surface area contributed by atoms with E-state index in [1.54, 1.807) is 0 Å². The maximum atomic E-state index is 9.59. The monoisotopic (exact) mass is 121 g/mol. The third-order valence-electron chi connectivity index (χ3n) is 0.515. The molecule has 0 aliphatic heterocycles. The van der Waals surface area contributed by atoms with Crippen LogP contribution in [-0.4, -0.2) is 11.8 Å². The Morgan fingerprint density at radius 2 is 2.29 bits per heavy atom. The summed E-state index contributed by atoms with van der Waals surface area (Å²) in [7, 11) is 0. The average Bonchev–Trinajstić information content (AvgIpc) is 1.61. The number of hydrogen-bond donors (Lipinski definition) is 0. The van der Waals surface area contributed by atoms with Crippen LogP contribution in [0, 0.1) is 0 Å². The van der Waals surface area contributed by atoms with E-state index >= 15 is 0 Å². The molecule has 0 spiro atoms. The molecule has 0 unspecified atom stereocenters. The molecular weight excluding hydrogens is 115 g/mol. The number of carbonyl (C=O) groups excluding carboxylic acids is 1. The van der Waals surface area contributed by atoms with Crippen molar-refractivity contribution in [1.82, 2.24) is 0 Å². The fourth-order valence-electron chi connectivity index (χ4n) is 0.211. The lowest BCUT2D eigenvalue weighted by Crippen LogP contribution is -2.21. The number of carboxylic acid groups (broad SMARTS) is 1. The zero-order valence-corrected chi connectivity index (χ0v) is 4.57. The van der Waals surface area contributed by atoms with Crippen molar-refractivity contribution in [3.63, 3.8) is 0 Å². The summed E-state index contributed by atoms with van der Waals surface area (Å²) in [6, 6.07) is 0. The van der Waals surface area contributed by atoms with Crippen molar-refractivity contribution < 1.29 is 9.90 Å². The summed E-state index contributed by atoms with van der Waals surface area (Å²) in [6.45, 7) is 0. The summed E-state index contributed by atoms with van der Waals surface area (Å²) in [6.07, 6.45) is 0.577. The predicted octanol–water partition coefficient (Wildman–Crippen LogP) is -0.245. The second-order valence-electron chi connectivity index (χ2n) is 1.16. The third kappa shape index (κ3) is 5.76. The lowest BCUT2D eigenvalue weighted by atomic mass is 10.3. The number of carbonyl (C=O) groups is 1. The van der Waals surface area contributed by atoms with Crippen molar-refractivity contribution in [3.8, 4) is 0 Å². The van der Waals surface area contributed by atoms with Gasteiger partial charge in [0.05, 0.1) is 0 Å². The maximum absolute atomic E-state index is 9.59. The molecule has 0 aromatic rings. The molecule has 0 saturated carbocycles. The Balaban J connectivity index is 2.82. The van der Waals surface area contributed by atoms with Crippen LogP contribution in [0.1, 0.15) is 12.8 Å². The lowest BCUT2D eigenvalue weighted by Gasteiger charge is -1.94. The van der Waals surface area contributed by atoms with E-state index in [1.807, 2.05) is 0 Å². The number of rotatable bonds is 3. The van der Waals surface area contributed by atoms with Crippen LogP contribution in [0.3, 0.4) is 0 Å². The van der Waals surface area contributed by atoms with Gasteiger partial charge in [0.2, 0.25) is 0 Å². The Morgan fingerprint density at radius 1 is 1.71 bits per heavy atom. The van der Waals surface area contributed by atoms with Gasteiger partial charge in [-0.1, -0.05) is 0 Å². The van der Waals surface area contributed by atoms with Crippen molar-refractivity contribution in [2.75, 3.05) is 5.88 Å². The van der Waals surface area contributed by atoms with Gasteiger partial charge < -0.3 is 9.90 Å². The number of carboxylic acids is 1. The van der Waals surface area contributed by atoms with Gasteiger partial charge in [-0.2, -0.15) is 0 Å². The zero-order chi connectivity index (χ0) is 5.70. The largest absolute Gasteiger partial charge is 0.550 e. The summed E-state index contributed by atoms with van der Waals surface area (Å²) in [4.78, 5) is 9.59. The molecule has 42 valence electrons. The van der Waals surface area contributed by atoms with E-state index in [2.05, 4.69) is 0 Å². The molecule has 0 N–H and O–H groups in total. The SMILES string of the molecule is O=C([O-])CCCCl. The van der Waals surface area contributed by atoms with E-state index in [0.717, 1.165) is 0 Å². The van der Waals surface area contributed by atoms with Gasteiger partial charge in [-0.05, 0) is 12.8 Å². The fraction of sp³-hybridized carbons (Fsp3) is 0.750. The average molecular weight is 122 g/mol. The van der Waals surface area contributed by atoms with Gasteiger partial charge in [-0.25, -0.2) is 0 Å². The quantitative estimate of drug-likeness (QED) is 0.484. The molecule has 0 radical (unpaired) electrons. The van der Waals surface area contributed by atoms with E-state index in [0.29, 0.717) is 12.3 Å². The Morgan fingerprint density at radius 3 is 2.43 bits per heavy atom. The highest BCUT2D eigenvalue weighted by molar-refractivity contribution is 6.17. The molecule has 0 heterocycles. The van der Waals surface area contributed by atoms with Crippen LogP contribution in [0.25, 0.3) is 0 Å². The first kappa shape index (κ1) is 6.76. The van der Waals surface area contributed by atoms with Crippen LogP contribution in [0.2, 0.25) is 0 Å². The van der Waals surface area contributed by atoms with E-state index in [-0.39, 0.29) is 6.42 Å². The second kappa shape index (κ2) is 3.93. The number of alkyl halides is 1. The highest BCUT2D eigenvalue weighted by Crippen LogP contribution is 1.87. The first-order valence-electron chi connectivity index (χ1n) is 2.03. The third-order valence-corrected chi connectivity index (χ3v) is 0.782. The molecular formula is C4H6ClO2-. The van der Waals surface area contributed by atoms with Gasteiger partial charge >= 0.3 is 0 Å². The van der Waals surface area contributed by atoms with E-state index in [9.17, 15) is 9.90 Å². The van der Waals surface area contributed by atoms with E-state index < -0.39 is 5.97 Å². The van der Waals surface area contributed by atoms with Gasteiger partial charge in [-0.3, -0.25) is 0 Å². The van der Waals surface area contributed by atoms with Crippen molar-refractivity contribution in [2.24, 2.45) is 0 Å². The molecule has 0 aliphatic rings. The topological polar surface area (TPSA) is 40.1 Å². The van der Waals surface area contributed by atoms with Gasteiger partial charge in [0.1, 0.15) is 0 Å². The van der Waals surface area contributed by atoms with Gasteiger partial charge in [0.15, 0.2) is 0 Å². The molecule has 3 heteroatoms. The van der Waals surface area contributed by atoms with Crippen LogP contribution in [0.4, 0.5) is 0 Å². The van der Waals surface area contributed by atoms with Crippen LogP contribution in [0.15, 0.2) is 0 Å². The summed E-state index contributed by atoms with van der Waals surface area (Å²) in [5.74, 6) is -0.630. The molecule has 0 rings (SSSR count). The van der Waals surface area contributed by atoms with Crippen molar-refractivity contribution in [3.05, 3.63) is 0 Å². The maximum Gasteiger partial charge on any atom is 0.0414 e. The first-order chi connectivity index (χ1) is 3.27. The van der Waals surface area contributed by atoms with Crippen LogP contribution in [0.5, 0.6) is 0 Å². The molecule has 0 fully saturated rings. The zero-order valence-electron chi connectivity index (χ0n) is 3.82. The Kier molecular flexibility index (Phi) is 3.80. The molecule has 0 atom stereocenters. The minimum Gasteiger partial charge on any atom is -0.550 e. The van der Waals surface area contributed by atoms with Crippen molar-refractivity contribution >= 4 is 17.6 Å². The standard InChI is InChI=1S/C4H7ClO2/c5-3-1-2-4(6)7/h1-3H2,(H,6,7)/p-1. The lowest BCUT2D eigenvalue weighted by molar-refractivity contribution is -0.305. The van der Waals surface area contributed by atoms with Crippen LogP contribution < -0.4 is 5.11 Å². The molecule has 2 nitrogen and oxygen atoms in total. The predicted molar refractivity (Wildman–Crippen MR) is 25.0 cm³/mol. The molecule has 0 amide bonds. The summed E-state index contributed by atoms with van der Waals surface area (Å²) in [5, 5.41) is 9.59. The van der Waals surface area contributed by atoms with Gasteiger partial charge in [-0.15, -0.1) is 11.6 Å². The minimum absolute atomic E-state index is 0.0729. The molecule has 0 aromatic heterocycles. The Hall–Kier alpha value is -0.240. The molecule has 0 aromatic carbocycles. The summed E-state index contributed by atoms with van der Waals surface area (Å²) in [5.41, 5.74) is 0. The van der Waals surface area contributed by atoms with E-state index in [4.69, 9.17) is 11.6 Å². The second-order valence-corrected chi connectivity index (χ2v) is 1.54. The fourth-order valence-corrected chi connectivity index (χ4v) is 0.345. The molecule has 0 aliphatic carbocycles. The summed E-state index contributed by atoms with van der Waals surface area (Å²) >= 11 is 5.15. The van der Waals surface area contributed by atoms with Gasteiger partial charge in [0.25, 0.3) is 0 Å². The summed E-state index contributed by atoms with van der Waals surface area (Å²) < 4.78 is 0. The van der Waals surface area contributed by atoms with Crippen molar-refractivity contribution in [1.29, 1.82) is 0 Å². The first-order valence-corrected chi connectivity index (χ1v) is 2.56. The normalized spacial score (nSPS) is 8.71. The minimum atomic E-state index is -1.03. The molecule has 7 heavy (non-hydrogen) atoms. The molecule has 0 saturated heterocycles. The smallest absolute Gasteiger partial charge is 0.0414 e. The highest BCUT2D eigenvalue weighted by Gasteiger charge is 1.81. The number of hydrogen-bond acceptors (Lipinski definition) is 2. The van der Waals surface area contributed by atoms with Crippen LogP contribution in [-0.2, 0) is 4.79 Å². The van der Waals surface area contributed by atoms with E-state index in [1.165, 1.54) is 0 Å². The van der Waals surface area contributed by atoms with Crippen LogP contribution >= 0.6 is 11.6 Å². The Bertz CT molecular complexity index is 62.7.